The van der Waals surface area contributed by atoms with Crippen LogP contribution >= 0.6 is 69.6 Å². The highest BCUT2D eigenvalue weighted by Gasteiger charge is 2.33. The van der Waals surface area contributed by atoms with Gasteiger partial charge in [0.15, 0.2) is 25.0 Å². The minimum Gasteiger partial charge on any atom is -0.351 e. The van der Waals surface area contributed by atoms with Crippen molar-refractivity contribution in [3.05, 3.63) is 29.3 Å². The highest BCUT2D eigenvalue weighted by atomic mass is 35.6. The number of ether oxygens (including phenoxy) is 2. The zero-order valence-corrected chi connectivity index (χ0v) is 18.8. The Kier molecular flexibility index (Phi) is 9.93. The van der Waals surface area contributed by atoms with Crippen molar-refractivity contribution in [3.8, 4) is 0 Å². The summed E-state index contributed by atoms with van der Waals surface area (Å²) in [6, 6.07) is 4.28. The standard InChI is InChI=1S/C16H17Cl6NO4/c1-3-26-13(8-24)23(14(9-25)27-4-2)12-6-10(15(17,18)19)5-11(7-12)16(20,21)22/h5-9,13-14H,3-4H2,1-2H3. The van der Waals surface area contributed by atoms with Crippen molar-refractivity contribution in [2.75, 3.05) is 18.1 Å². The van der Waals surface area contributed by atoms with Crippen LogP contribution in [0.15, 0.2) is 18.2 Å². The number of carbonyl (C=O) groups excluding carboxylic acids is 2. The van der Waals surface area contributed by atoms with E-state index in [2.05, 4.69) is 0 Å². The van der Waals surface area contributed by atoms with Gasteiger partial charge in [0, 0.05) is 30.0 Å². The fraction of sp³-hybridized carbons (Fsp3) is 0.500. The third kappa shape index (κ3) is 7.09. The fourth-order valence-corrected chi connectivity index (χ4v) is 2.89. The van der Waals surface area contributed by atoms with Gasteiger partial charge in [-0.05, 0) is 32.0 Å². The second kappa shape index (κ2) is 10.7. The molecule has 0 saturated carbocycles. The van der Waals surface area contributed by atoms with E-state index in [0.717, 1.165) is 0 Å². The molecule has 0 N–H and O–H groups in total. The number of nitrogens with zero attached hydrogens (tertiary/aromatic N) is 1. The second-order valence-corrected chi connectivity index (χ2v) is 9.70. The van der Waals surface area contributed by atoms with E-state index in [9.17, 15) is 9.59 Å². The van der Waals surface area contributed by atoms with Gasteiger partial charge < -0.3 is 14.4 Å². The number of benzene rings is 1. The Hall–Kier alpha value is 0.0200. The molecule has 0 aromatic heterocycles. The molecule has 152 valence electrons. The summed E-state index contributed by atoms with van der Waals surface area (Å²) in [5, 5.41) is 0. The normalized spacial score (nSPS) is 14.5. The summed E-state index contributed by atoms with van der Waals surface area (Å²) >= 11 is 35.9. The van der Waals surface area contributed by atoms with Crippen molar-refractivity contribution in [2.24, 2.45) is 0 Å². The molecule has 0 amide bonds. The van der Waals surface area contributed by atoms with E-state index in [1.54, 1.807) is 13.8 Å². The summed E-state index contributed by atoms with van der Waals surface area (Å²) in [7, 11) is 0. The van der Waals surface area contributed by atoms with Crippen LogP contribution in [0.3, 0.4) is 0 Å². The number of aldehydes is 2. The van der Waals surface area contributed by atoms with Crippen LogP contribution in [0.1, 0.15) is 25.0 Å². The van der Waals surface area contributed by atoms with Crippen LogP contribution in [0.2, 0.25) is 0 Å². The lowest BCUT2D eigenvalue weighted by molar-refractivity contribution is -0.125. The zero-order valence-electron chi connectivity index (χ0n) is 14.3. The SMILES string of the molecule is CCOC(C=O)N(c1cc(C(Cl)(Cl)Cl)cc(C(Cl)(Cl)Cl)c1)C(C=O)OCC. The number of hydrogen-bond donors (Lipinski definition) is 0. The minimum absolute atomic E-state index is 0.165. The van der Waals surface area contributed by atoms with Gasteiger partial charge >= 0.3 is 0 Å². The van der Waals surface area contributed by atoms with Crippen LogP contribution in [-0.2, 0) is 26.6 Å². The number of alkyl halides is 6. The van der Waals surface area contributed by atoms with E-state index < -0.39 is 20.0 Å². The molecule has 0 spiro atoms. The highest BCUT2D eigenvalue weighted by molar-refractivity contribution is 6.67. The fourth-order valence-electron chi connectivity index (χ4n) is 2.24. The predicted molar refractivity (Wildman–Crippen MR) is 110 cm³/mol. The molecule has 27 heavy (non-hydrogen) atoms. The first kappa shape index (κ1) is 25.1. The quantitative estimate of drug-likeness (QED) is 0.263. The van der Waals surface area contributed by atoms with Gasteiger partial charge in [0.2, 0.25) is 7.59 Å². The topological polar surface area (TPSA) is 55.8 Å². The maximum absolute atomic E-state index is 11.6. The maximum Gasteiger partial charge on any atom is 0.216 e. The van der Waals surface area contributed by atoms with Gasteiger partial charge in [-0.3, -0.25) is 9.59 Å². The van der Waals surface area contributed by atoms with Crippen molar-refractivity contribution in [1.29, 1.82) is 0 Å². The Morgan fingerprint density at radius 1 is 0.852 bits per heavy atom. The first-order valence-corrected chi connectivity index (χ1v) is 9.97. The largest absolute Gasteiger partial charge is 0.351 e. The Labute approximate surface area is 187 Å². The summed E-state index contributed by atoms with van der Waals surface area (Å²) in [5.41, 5.74) is 0.563. The summed E-state index contributed by atoms with van der Waals surface area (Å²) in [6.07, 6.45) is -1.30. The van der Waals surface area contributed by atoms with Crippen molar-refractivity contribution in [3.63, 3.8) is 0 Å². The predicted octanol–water partition coefficient (Wildman–Crippen LogP) is 5.27. The Balaban J connectivity index is 3.67. The van der Waals surface area contributed by atoms with Crippen LogP contribution in [0.4, 0.5) is 5.69 Å². The molecule has 0 bridgehead atoms. The van der Waals surface area contributed by atoms with Crippen LogP contribution in [-0.4, -0.2) is 38.2 Å². The molecule has 0 aliphatic rings. The van der Waals surface area contributed by atoms with Crippen LogP contribution in [0, 0.1) is 0 Å². The van der Waals surface area contributed by atoms with E-state index in [1.165, 1.54) is 23.1 Å². The van der Waals surface area contributed by atoms with Gasteiger partial charge in [0.25, 0.3) is 0 Å². The third-order valence-corrected chi connectivity index (χ3v) is 4.64. The Morgan fingerprint density at radius 3 is 1.48 bits per heavy atom. The minimum atomic E-state index is -1.85. The molecule has 2 atom stereocenters. The molecule has 1 aromatic rings. The number of halogens is 6. The van der Waals surface area contributed by atoms with Crippen molar-refractivity contribution >= 4 is 87.9 Å². The Morgan fingerprint density at radius 2 is 1.22 bits per heavy atom. The first-order chi connectivity index (χ1) is 12.5. The zero-order chi connectivity index (χ0) is 20.8. The van der Waals surface area contributed by atoms with Crippen LogP contribution < -0.4 is 4.90 Å². The third-order valence-electron chi connectivity index (χ3n) is 3.33. The average Bonchev–Trinajstić information content (AvgIpc) is 2.58. The number of anilines is 1. The number of hydrogen-bond acceptors (Lipinski definition) is 5. The molecule has 2 unspecified atom stereocenters. The second-order valence-electron chi connectivity index (χ2n) is 5.14. The smallest absolute Gasteiger partial charge is 0.216 e. The lowest BCUT2D eigenvalue weighted by Crippen LogP contribution is -2.48. The first-order valence-electron chi connectivity index (χ1n) is 7.71. The molecular formula is C16H17Cl6NO4. The van der Waals surface area contributed by atoms with Crippen molar-refractivity contribution in [2.45, 2.75) is 33.9 Å². The maximum atomic E-state index is 11.6. The van der Waals surface area contributed by atoms with Gasteiger partial charge in [0.05, 0.1) is 0 Å². The summed E-state index contributed by atoms with van der Waals surface area (Å²) in [4.78, 5) is 24.5. The van der Waals surface area contributed by atoms with Gasteiger partial charge in [-0.25, -0.2) is 0 Å². The molecule has 0 aliphatic heterocycles. The van der Waals surface area contributed by atoms with Gasteiger partial charge in [-0.2, -0.15) is 0 Å². The highest BCUT2D eigenvalue weighted by Crippen LogP contribution is 2.45. The van der Waals surface area contributed by atoms with E-state index in [1.807, 2.05) is 0 Å². The van der Waals surface area contributed by atoms with Crippen molar-refractivity contribution < 1.29 is 19.1 Å². The molecule has 0 saturated heterocycles. The van der Waals surface area contributed by atoms with Gasteiger partial charge in [-0.1, -0.05) is 69.6 Å². The van der Waals surface area contributed by atoms with E-state index >= 15 is 0 Å². The molecule has 0 heterocycles. The Bertz CT molecular complexity index is 597. The lowest BCUT2D eigenvalue weighted by Gasteiger charge is -2.35. The van der Waals surface area contributed by atoms with E-state index in [-0.39, 0.29) is 30.0 Å². The van der Waals surface area contributed by atoms with Crippen LogP contribution in [0.5, 0.6) is 0 Å². The molecule has 5 nitrogen and oxygen atoms in total. The number of rotatable bonds is 9. The van der Waals surface area contributed by atoms with Gasteiger partial charge in [-0.15, -0.1) is 0 Å². The molecule has 0 radical (unpaired) electrons. The summed E-state index contributed by atoms with van der Waals surface area (Å²) in [6.45, 7) is 3.77. The lowest BCUT2D eigenvalue weighted by atomic mass is 10.1. The summed E-state index contributed by atoms with van der Waals surface area (Å²) < 4.78 is 7.12. The van der Waals surface area contributed by atoms with Gasteiger partial charge in [0.1, 0.15) is 0 Å². The molecule has 11 heteroatoms. The molecule has 0 fully saturated rings. The molecule has 1 aromatic carbocycles. The monoisotopic (exact) mass is 497 g/mol. The molecular weight excluding hydrogens is 483 g/mol. The van der Waals surface area contributed by atoms with E-state index in [0.29, 0.717) is 12.6 Å². The van der Waals surface area contributed by atoms with E-state index in [4.69, 9.17) is 79.1 Å². The summed E-state index contributed by atoms with van der Waals surface area (Å²) in [5.74, 6) is 0. The van der Waals surface area contributed by atoms with Crippen molar-refractivity contribution in [1.82, 2.24) is 0 Å². The average molecular weight is 500 g/mol. The number of carbonyl (C=O) groups is 2. The molecule has 0 aliphatic carbocycles. The van der Waals surface area contributed by atoms with Crippen LogP contribution in [0.25, 0.3) is 0 Å². The molecule has 1 rings (SSSR count).